The van der Waals surface area contributed by atoms with E-state index in [1.807, 2.05) is 0 Å². The maximum atomic E-state index is 4.14. The molecule has 1 aliphatic heterocycles. The van der Waals surface area contributed by atoms with Crippen LogP contribution in [0.5, 0.6) is 0 Å². The predicted octanol–water partition coefficient (Wildman–Crippen LogP) is 0.640. The molecule has 0 bridgehead atoms. The lowest BCUT2D eigenvalue weighted by atomic mass is 10.2. The van der Waals surface area contributed by atoms with E-state index < -0.39 is 0 Å². The summed E-state index contributed by atoms with van der Waals surface area (Å²) in [6.07, 6.45) is 7.67. The highest BCUT2D eigenvalue weighted by Gasteiger charge is 2.12. The first-order valence-electron chi connectivity index (χ1n) is 4.68. The number of anilines is 1. The lowest BCUT2D eigenvalue weighted by molar-refractivity contribution is 0.632. The fourth-order valence-electron chi connectivity index (χ4n) is 1.55. The van der Waals surface area contributed by atoms with E-state index in [1.165, 1.54) is 12.8 Å². The van der Waals surface area contributed by atoms with Gasteiger partial charge < -0.3 is 10.6 Å². The summed E-state index contributed by atoms with van der Waals surface area (Å²) < 4.78 is 0. The molecule has 2 rings (SSSR count). The van der Waals surface area contributed by atoms with Gasteiger partial charge in [0.2, 0.25) is 0 Å². The molecule has 1 fully saturated rings. The summed E-state index contributed by atoms with van der Waals surface area (Å²) in [5.74, 6) is 0.858. The van der Waals surface area contributed by atoms with Crippen molar-refractivity contribution in [3.63, 3.8) is 0 Å². The van der Waals surface area contributed by atoms with Gasteiger partial charge in [-0.3, -0.25) is 4.98 Å². The van der Waals surface area contributed by atoms with Gasteiger partial charge in [0, 0.05) is 25.0 Å². The first-order chi connectivity index (χ1) is 6.45. The Bertz CT molecular complexity index is 243. The Balaban J connectivity index is 1.79. The Hall–Kier alpha value is -1.16. The second-order valence-electron chi connectivity index (χ2n) is 3.26. The van der Waals surface area contributed by atoms with Crippen LogP contribution in [0.3, 0.4) is 0 Å². The molecule has 4 nitrogen and oxygen atoms in total. The average Bonchev–Trinajstić information content (AvgIpc) is 2.69. The smallest absolute Gasteiger partial charge is 0.144 e. The molecular weight excluding hydrogens is 164 g/mol. The van der Waals surface area contributed by atoms with Crippen molar-refractivity contribution < 1.29 is 0 Å². The van der Waals surface area contributed by atoms with Crippen molar-refractivity contribution in [2.45, 2.75) is 18.9 Å². The van der Waals surface area contributed by atoms with Gasteiger partial charge in [0.05, 0.1) is 6.20 Å². The molecule has 70 valence electrons. The highest BCUT2D eigenvalue weighted by Crippen LogP contribution is 2.05. The van der Waals surface area contributed by atoms with E-state index in [-0.39, 0.29) is 0 Å². The van der Waals surface area contributed by atoms with Crippen LogP contribution in [0.1, 0.15) is 12.8 Å². The van der Waals surface area contributed by atoms with Crippen molar-refractivity contribution in [1.29, 1.82) is 0 Å². The summed E-state index contributed by atoms with van der Waals surface area (Å²) >= 11 is 0. The second-order valence-corrected chi connectivity index (χ2v) is 3.26. The monoisotopic (exact) mass is 178 g/mol. The minimum Gasteiger partial charge on any atom is -0.367 e. The summed E-state index contributed by atoms with van der Waals surface area (Å²) in [7, 11) is 0. The largest absolute Gasteiger partial charge is 0.367 e. The molecule has 0 radical (unpaired) electrons. The van der Waals surface area contributed by atoms with Crippen LogP contribution in [-0.2, 0) is 0 Å². The first-order valence-corrected chi connectivity index (χ1v) is 4.68. The Kier molecular flexibility index (Phi) is 2.72. The molecule has 4 heteroatoms. The Morgan fingerprint density at radius 1 is 1.54 bits per heavy atom. The zero-order valence-electron chi connectivity index (χ0n) is 7.53. The zero-order valence-corrected chi connectivity index (χ0v) is 7.53. The average molecular weight is 178 g/mol. The molecule has 0 aliphatic carbocycles. The molecule has 1 aliphatic rings. The highest BCUT2D eigenvalue weighted by molar-refractivity contribution is 5.29. The lowest BCUT2D eigenvalue weighted by Gasteiger charge is -2.10. The molecule has 1 saturated heterocycles. The van der Waals surface area contributed by atoms with Crippen LogP contribution in [0.4, 0.5) is 5.82 Å². The van der Waals surface area contributed by atoms with E-state index in [0.717, 1.165) is 18.9 Å². The number of hydrogen-bond donors (Lipinski definition) is 2. The van der Waals surface area contributed by atoms with Crippen LogP contribution in [0.25, 0.3) is 0 Å². The van der Waals surface area contributed by atoms with Gasteiger partial charge in [-0.25, -0.2) is 4.98 Å². The Labute approximate surface area is 77.8 Å². The van der Waals surface area contributed by atoms with Crippen molar-refractivity contribution in [2.24, 2.45) is 0 Å². The van der Waals surface area contributed by atoms with E-state index in [1.54, 1.807) is 18.6 Å². The molecular formula is C9H14N4. The SMILES string of the molecule is c1cnc(NCC2CCCN2)cn1. The van der Waals surface area contributed by atoms with Crippen LogP contribution in [0.15, 0.2) is 18.6 Å². The number of nitrogens with zero attached hydrogens (tertiary/aromatic N) is 2. The van der Waals surface area contributed by atoms with Gasteiger partial charge in [-0.05, 0) is 19.4 Å². The third kappa shape index (κ3) is 2.39. The summed E-state index contributed by atoms with van der Waals surface area (Å²) in [4.78, 5) is 8.12. The van der Waals surface area contributed by atoms with Gasteiger partial charge in [-0.15, -0.1) is 0 Å². The summed E-state index contributed by atoms with van der Waals surface area (Å²) in [6.45, 7) is 2.09. The van der Waals surface area contributed by atoms with Gasteiger partial charge in [0.15, 0.2) is 0 Å². The van der Waals surface area contributed by atoms with Gasteiger partial charge in [0.25, 0.3) is 0 Å². The van der Waals surface area contributed by atoms with E-state index in [9.17, 15) is 0 Å². The highest BCUT2D eigenvalue weighted by atomic mass is 15.0. The Morgan fingerprint density at radius 3 is 3.23 bits per heavy atom. The van der Waals surface area contributed by atoms with Crippen molar-refractivity contribution in [2.75, 3.05) is 18.4 Å². The first kappa shape index (κ1) is 8.44. The minimum atomic E-state index is 0.599. The lowest BCUT2D eigenvalue weighted by Crippen LogP contribution is -2.29. The molecule has 2 heterocycles. The van der Waals surface area contributed by atoms with Gasteiger partial charge in [-0.1, -0.05) is 0 Å². The molecule has 0 aromatic carbocycles. The molecule has 13 heavy (non-hydrogen) atoms. The second kappa shape index (κ2) is 4.18. The maximum Gasteiger partial charge on any atom is 0.144 e. The number of hydrogen-bond acceptors (Lipinski definition) is 4. The molecule has 1 aromatic heterocycles. The molecule has 0 amide bonds. The summed E-state index contributed by atoms with van der Waals surface area (Å²) in [5, 5.41) is 6.67. The fraction of sp³-hybridized carbons (Fsp3) is 0.556. The van der Waals surface area contributed by atoms with Crippen molar-refractivity contribution in [1.82, 2.24) is 15.3 Å². The van der Waals surface area contributed by atoms with Gasteiger partial charge >= 0.3 is 0 Å². The van der Waals surface area contributed by atoms with Crippen LogP contribution in [0, 0.1) is 0 Å². The molecule has 1 atom stereocenters. The van der Waals surface area contributed by atoms with E-state index in [4.69, 9.17) is 0 Å². The standard InChI is InChI=1S/C9H14N4/c1-2-8(11-3-1)6-13-9-7-10-4-5-12-9/h4-5,7-8,11H,1-3,6H2,(H,12,13). The van der Waals surface area contributed by atoms with E-state index in [2.05, 4.69) is 20.6 Å². The van der Waals surface area contributed by atoms with Crippen molar-refractivity contribution >= 4 is 5.82 Å². The normalized spacial score (nSPS) is 21.7. The minimum absolute atomic E-state index is 0.599. The maximum absolute atomic E-state index is 4.14. The fourth-order valence-corrected chi connectivity index (χ4v) is 1.55. The topological polar surface area (TPSA) is 49.8 Å². The summed E-state index contributed by atoms with van der Waals surface area (Å²) in [6, 6.07) is 0.599. The zero-order chi connectivity index (χ0) is 8.93. The quantitative estimate of drug-likeness (QED) is 0.713. The number of nitrogens with one attached hydrogen (secondary N) is 2. The molecule has 1 aromatic rings. The number of aromatic nitrogens is 2. The van der Waals surface area contributed by atoms with Crippen LogP contribution < -0.4 is 10.6 Å². The van der Waals surface area contributed by atoms with E-state index in [0.29, 0.717) is 6.04 Å². The third-order valence-corrected chi connectivity index (χ3v) is 2.26. The number of rotatable bonds is 3. The van der Waals surface area contributed by atoms with Crippen LogP contribution in [-0.4, -0.2) is 29.1 Å². The molecule has 0 spiro atoms. The van der Waals surface area contributed by atoms with Crippen molar-refractivity contribution in [3.05, 3.63) is 18.6 Å². The van der Waals surface area contributed by atoms with Crippen molar-refractivity contribution in [3.8, 4) is 0 Å². The van der Waals surface area contributed by atoms with Crippen LogP contribution in [0.2, 0.25) is 0 Å². The van der Waals surface area contributed by atoms with Gasteiger partial charge in [-0.2, -0.15) is 0 Å². The third-order valence-electron chi connectivity index (χ3n) is 2.26. The molecule has 0 saturated carbocycles. The van der Waals surface area contributed by atoms with Crippen LogP contribution >= 0.6 is 0 Å². The predicted molar refractivity (Wildman–Crippen MR) is 51.5 cm³/mol. The Morgan fingerprint density at radius 2 is 2.54 bits per heavy atom. The van der Waals surface area contributed by atoms with E-state index >= 15 is 0 Å². The summed E-state index contributed by atoms with van der Waals surface area (Å²) in [5.41, 5.74) is 0. The molecule has 2 N–H and O–H groups in total. The van der Waals surface area contributed by atoms with Gasteiger partial charge in [0.1, 0.15) is 5.82 Å². The molecule has 1 unspecified atom stereocenters.